The van der Waals surface area contributed by atoms with Crippen LogP contribution < -0.4 is 51.3 Å². The molecule has 35 nitrogen and oxygen atoms in total. The Bertz CT molecular complexity index is 4060. The molecule has 5 aromatic rings. The van der Waals surface area contributed by atoms with Crippen LogP contribution in [0.1, 0.15) is 74.2 Å². The number of hydrogen-bond acceptors (Lipinski definition) is 31. The van der Waals surface area contributed by atoms with Crippen molar-refractivity contribution in [1.29, 1.82) is 0 Å². The molecule has 5 fully saturated rings. The molecule has 107 heavy (non-hydrogen) atoms. The predicted molar refractivity (Wildman–Crippen MR) is 441 cm³/mol. The topological polar surface area (TPSA) is 560 Å². The van der Waals surface area contributed by atoms with Gasteiger partial charge in [0.1, 0.15) is 90.4 Å². The Kier molecular flexibility index (Phi) is 32.2. The van der Waals surface area contributed by atoms with E-state index in [-0.39, 0.29) is 33.7 Å². The van der Waals surface area contributed by atoms with Crippen LogP contribution in [0.15, 0.2) is 56.2 Å². The van der Waals surface area contributed by atoms with E-state index in [1.54, 1.807) is 19.2 Å². The molecule has 5 saturated heterocycles. The van der Waals surface area contributed by atoms with Gasteiger partial charge in [-0.3, -0.25) is 23.5 Å². The lowest BCUT2D eigenvalue weighted by molar-refractivity contribution is -0.0483. The van der Waals surface area contributed by atoms with Crippen LogP contribution in [0, 0.1) is 15.3 Å². The lowest BCUT2D eigenvalue weighted by Crippen LogP contribution is -2.37. The van der Waals surface area contributed by atoms with Gasteiger partial charge in [-0.15, -0.1) is 65.9 Å². The van der Waals surface area contributed by atoms with Gasteiger partial charge < -0.3 is 103 Å². The molecule has 20 atom stereocenters. The summed E-state index contributed by atoms with van der Waals surface area (Å²) in [6, 6.07) is 1.58. The Morgan fingerprint density at radius 3 is 1.23 bits per heavy atom. The third-order valence-electron chi connectivity index (χ3n) is 17.7. The fraction of sp³-hybridized carbons (Fsp3) is 0.631. The minimum atomic E-state index is -1.26. The third-order valence-corrected chi connectivity index (χ3v) is 26.2. The first kappa shape index (κ1) is 91.3. The van der Waals surface area contributed by atoms with E-state index in [9.17, 15) is 70.2 Å². The quantitative estimate of drug-likeness (QED) is 0.0264. The van der Waals surface area contributed by atoms with E-state index in [4.69, 9.17) is 64.6 Å². The summed E-state index contributed by atoms with van der Waals surface area (Å²) in [5, 5.41) is 105. The van der Waals surface area contributed by atoms with E-state index in [0.717, 1.165) is 35.5 Å². The Morgan fingerprint density at radius 2 is 0.841 bits per heavy atom. The fourth-order valence-corrected chi connectivity index (χ4v) is 17.0. The van der Waals surface area contributed by atoms with Crippen LogP contribution in [0.25, 0.3) is 0 Å². The van der Waals surface area contributed by atoms with Crippen molar-refractivity contribution in [3.8, 4) is 0 Å². The first-order chi connectivity index (χ1) is 49.3. The second-order valence-corrected chi connectivity index (χ2v) is 53.8. The number of ether oxygens (including phenoxy) is 5. The number of aliphatic hydroxyl groups excluding tert-OH is 10. The minimum Gasteiger partial charge on any atom is -0.388 e. The van der Waals surface area contributed by atoms with Gasteiger partial charge in [0.2, 0.25) is 4.77 Å². The molecule has 21 N–H and O–H groups in total. The largest absolute Gasteiger partial charge is 0.388 e. The highest BCUT2D eigenvalue weighted by Crippen LogP contribution is 2.44. The van der Waals surface area contributed by atoms with Crippen molar-refractivity contribution in [3.63, 3.8) is 0 Å². The van der Waals surface area contributed by atoms with Crippen LogP contribution >= 0.6 is 69.2 Å². The Labute approximate surface area is 640 Å². The molecule has 5 aromatic heterocycles. The summed E-state index contributed by atoms with van der Waals surface area (Å²) in [4.78, 5) is 68.5. The highest BCUT2D eigenvalue weighted by atomic mass is 127. The van der Waals surface area contributed by atoms with Crippen LogP contribution in [-0.4, -0.2) is 325 Å². The molecule has 0 bridgehead atoms. The summed E-state index contributed by atoms with van der Waals surface area (Å²) in [6.07, 6.45) is 16.8. The summed E-state index contributed by atoms with van der Waals surface area (Å²) in [5.41, 5.74) is 25.9. The van der Waals surface area contributed by atoms with Crippen LogP contribution in [-0.2, 0) is 23.7 Å². The SMILES string of the molecule is C=P(C)(C)CC[C@H]1OC(c2cnc(N)[nH]c2=O)[C@H](O)[C@@H]1O.C=P(C)(C)CC[C@H]1OC(n2cc(C)c(N)nc2=O)[C@H](O)[C@@H]1O.C=P(C)(C)CC[C@H]1OC(n2cc(I)c(N)nc2=O)[C@H](O)[C@@H]1O.C=P(C)(C)CC[C@H]1OC(n2ccc(N)nc2=S)[C@H](O)[C@@H]1O.C=P(C)(C)CC[C@H]1OC(n2ncc(N)nc2=O)[C@H](O)[C@@H]1O. The van der Waals surface area contributed by atoms with Gasteiger partial charge in [0.05, 0.1) is 45.9 Å². The number of halogens is 1. The highest BCUT2D eigenvalue weighted by Gasteiger charge is 2.49. The molecule has 5 unspecified atom stereocenters. The normalized spacial score (nSPS) is 29.4. The van der Waals surface area contributed by atoms with Gasteiger partial charge in [0.15, 0.2) is 30.9 Å². The minimum absolute atomic E-state index is 0.00283. The van der Waals surface area contributed by atoms with Crippen LogP contribution in [0.2, 0.25) is 0 Å². The van der Waals surface area contributed by atoms with Crippen molar-refractivity contribution >= 4 is 130 Å². The third kappa shape index (κ3) is 26.0. The molecular formula is C65H110IN16O19P5S. The molecule has 0 radical (unpaired) electrons. The summed E-state index contributed by atoms with van der Waals surface area (Å²) in [5.74, 6) is 0.579. The molecule has 5 aliphatic rings. The number of nitrogens with zero attached hydrogens (tertiary/aromatic N) is 10. The smallest absolute Gasteiger partial charge is 0.368 e. The summed E-state index contributed by atoms with van der Waals surface area (Å²) < 4.78 is 34.1. The fourth-order valence-electron chi connectivity index (χ4n) is 11.6. The zero-order valence-corrected chi connectivity index (χ0v) is 69.6. The summed E-state index contributed by atoms with van der Waals surface area (Å²) >= 11 is 7.07. The van der Waals surface area contributed by atoms with Gasteiger partial charge in [-0.1, -0.05) is 0 Å². The molecule has 0 aromatic carbocycles. The molecule has 42 heteroatoms. The molecule has 0 saturated carbocycles. The second-order valence-electron chi connectivity index (χ2n) is 30.7. The number of rotatable bonds is 20. The zero-order valence-electron chi connectivity index (χ0n) is 62.1. The Balaban J connectivity index is 0.000000209. The number of aliphatic hydroxyl groups is 10. The molecular weight excluding hydrogens is 1620 g/mol. The average Bonchev–Trinajstić information content (AvgIpc) is 1.70. The van der Waals surface area contributed by atoms with E-state index in [0.29, 0.717) is 47.1 Å². The van der Waals surface area contributed by atoms with Gasteiger partial charge in [0.25, 0.3) is 5.56 Å². The average molecular weight is 1730 g/mol. The maximum Gasteiger partial charge on any atom is 0.368 e. The molecule has 0 aliphatic carbocycles. The van der Waals surface area contributed by atoms with Crippen molar-refractivity contribution in [2.24, 2.45) is 0 Å². The van der Waals surface area contributed by atoms with Crippen molar-refractivity contribution < 1.29 is 74.7 Å². The first-order valence-corrected chi connectivity index (χ1v) is 50.8. The van der Waals surface area contributed by atoms with E-state index < -0.39 is 180 Å². The molecule has 10 rings (SSSR count). The van der Waals surface area contributed by atoms with Gasteiger partial charge in [0, 0.05) is 30.4 Å². The van der Waals surface area contributed by atoms with Crippen LogP contribution in [0.3, 0.4) is 0 Å². The number of nitrogens with two attached hydrogens (primary N) is 5. The van der Waals surface area contributed by atoms with Gasteiger partial charge in [-0.05, 0) is 177 Å². The molecule has 602 valence electrons. The number of aryl methyl sites for hydroxylation is 1. The molecule has 0 spiro atoms. The van der Waals surface area contributed by atoms with E-state index >= 15 is 0 Å². The number of aromatic amines is 1. The number of anilines is 5. The van der Waals surface area contributed by atoms with Crippen molar-refractivity contribution in [2.45, 2.75) is 162 Å². The molecule has 5 aliphatic heterocycles. The van der Waals surface area contributed by atoms with Crippen molar-refractivity contribution in [1.82, 2.24) is 53.4 Å². The number of H-pyrrole nitrogens is 1. The summed E-state index contributed by atoms with van der Waals surface area (Å²) in [6.45, 7) is 16.5. The Hall–Kier alpha value is -4.62. The molecule has 10 heterocycles. The van der Waals surface area contributed by atoms with E-state index in [1.165, 1.54) is 38.5 Å². The Morgan fingerprint density at radius 1 is 0.477 bits per heavy atom. The number of nitrogen functional groups attached to an aromatic ring is 5. The lowest BCUT2D eigenvalue weighted by Gasteiger charge is -2.19. The van der Waals surface area contributed by atoms with Crippen molar-refractivity contribution in [3.05, 3.63) is 98.3 Å². The maximum absolute atomic E-state index is 11.9. The second kappa shape index (κ2) is 37.8. The number of nitrogens with one attached hydrogen (secondary N) is 1. The lowest BCUT2D eigenvalue weighted by atomic mass is 10.0. The van der Waals surface area contributed by atoms with E-state index in [1.807, 2.05) is 22.6 Å². The monoisotopic (exact) mass is 1730 g/mol. The zero-order chi connectivity index (χ0) is 80.7. The van der Waals surface area contributed by atoms with Crippen molar-refractivity contribution in [2.75, 3.05) is 126 Å². The maximum atomic E-state index is 11.9. The first-order valence-electron chi connectivity index (χ1n) is 34.0. The standard InChI is InChI=1S/C14H24N3O4P.C13H21IN3O4P.C13H22N3O4P.C13H22N3O3PS.C12H21N4O4P/c1-8-7-17(14(20)16-12(8)15)13-11(19)10(18)9(21-13)5-6-22(2,3)4;1-22(2,3)5-4-8-9(18)10(19)12(21-8)17-6-7(14)11(15)16-13(17)20;1-21(2,3)5-4-8-9(17)10(18)11(20-8)7-6-15-13(14)16-12(7)19;1-20(2,3)7-5-8-10(17)11(18)12(19-8)16-6-4-9(14)15-13(16)21;1-21(2,3)5-4-7-9(17)10(18)11(20-7)16-12(19)15-8(13)6-14-16/h7,9-11,13,18-19H,2,5-6H2,1,3-4H3,(H2,15,16,20);6,8-10,12,18-19H,1,4-5H2,2-3H3,(H2,15,16,20);6,8-11,17-18H,1,4-5H2,2-3H3,(H3,14,15,16,19);4,6,8,10-12,17-18H,1,5,7H2,2-3H3,(H2,14,15,21);6-7,9-11,17-18H,1,4-5H2,2-3H3,(H2,13,15,19)/t9-,10-,11-,13?;8-,9-,10-,12?;8-,9-,10-,11?;8-,10-,11-,12?;7-,9-,10-,11?/m11111/s1. The predicted octanol–water partition coefficient (Wildman–Crippen LogP) is -0.534. The molecule has 0 amide bonds. The van der Waals surface area contributed by atoms with Gasteiger partial charge >= 0.3 is 17.1 Å². The van der Waals surface area contributed by atoms with E-state index in [2.05, 4.69) is 133 Å². The highest BCUT2D eigenvalue weighted by molar-refractivity contribution is 14.1. The van der Waals surface area contributed by atoms with Gasteiger partial charge in [-0.2, -0.15) is 24.7 Å². The number of aromatic nitrogens is 11. The van der Waals surface area contributed by atoms with Gasteiger partial charge in [-0.25, -0.2) is 24.4 Å². The summed E-state index contributed by atoms with van der Waals surface area (Å²) in [7, 11) is 0. The van der Waals surface area contributed by atoms with Crippen LogP contribution in [0.5, 0.6) is 0 Å². The van der Waals surface area contributed by atoms with Crippen LogP contribution in [0.4, 0.5) is 29.2 Å². The number of hydrogen-bond donors (Lipinski definition) is 16.